The van der Waals surface area contributed by atoms with Crippen LogP contribution in [0.15, 0.2) is 42.5 Å². The lowest BCUT2D eigenvalue weighted by molar-refractivity contribution is 0.282. The van der Waals surface area contributed by atoms with Crippen molar-refractivity contribution in [1.82, 2.24) is 5.32 Å². The van der Waals surface area contributed by atoms with E-state index in [9.17, 15) is 4.39 Å². The first-order chi connectivity index (χ1) is 10.2. The summed E-state index contributed by atoms with van der Waals surface area (Å²) in [5.74, 6) is 0.274. The lowest BCUT2D eigenvalue weighted by Crippen LogP contribution is -2.19. The fraction of sp³-hybridized carbons (Fsp3) is 0.294. The van der Waals surface area contributed by atoms with Crippen molar-refractivity contribution < 1.29 is 14.2 Å². The number of halogens is 1. The van der Waals surface area contributed by atoms with Gasteiger partial charge in [-0.2, -0.15) is 0 Å². The number of benzene rings is 2. The molecule has 2 aromatic carbocycles. The Labute approximate surface area is 124 Å². The minimum Gasteiger partial charge on any atom is -0.496 e. The summed E-state index contributed by atoms with van der Waals surface area (Å²) >= 11 is 0. The van der Waals surface area contributed by atoms with Crippen molar-refractivity contribution >= 4 is 0 Å². The van der Waals surface area contributed by atoms with Crippen LogP contribution in [0.3, 0.4) is 0 Å². The van der Waals surface area contributed by atoms with E-state index in [0.29, 0.717) is 17.9 Å². The Bertz CT molecular complexity index is 584. The Hall–Kier alpha value is -1.91. The van der Waals surface area contributed by atoms with Crippen LogP contribution in [0.4, 0.5) is 4.39 Å². The van der Waals surface area contributed by atoms with Gasteiger partial charge in [0.15, 0.2) is 0 Å². The molecule has 2 N–H and O–H groups in total. The lowest BCUT2D eigenvalue weighted by Gasteiger charge is -2.18. The van der Waals surface area contributed by atoms with Crippen molar-refractivity contribution in [2.45, 2.75) is 26.1 Å². The standard InChI is InChI=1S/C17H20FNO2/c1-12(17-15(18)4-3-5-16(17)21-2)19-10-13-6-8-14(11-20)9-7-13/h3-9,12,19-20H,10-11H2,1-2H3. The number of ether oxygens (including phenoxy) is 1. The molecular formula is C17H20FNO2. The fourth-order valence-electron chi connectivity index (χ4n) is 2.25. The van der Waals surface area contributed by atoms with Crippen LogP contribution in [-0.4, -0.2) is 12.2 Å². The SMILES string of the molecule is COc1cccc(F)c1C(C)NCc1ccc(CO)cc1. The molecular weight excluding hydrogens is 269 g/mol. The van der Waals surface area contributed by atoms with Crippen LogP contribution in [0.25, 0.3) is 0 Å². The molecule has 2 aromatic rings. The Balaban J connectivity index is 2.06. The van der Waals surface area contributed by atoms with Gasteiger partial charge in [0.2, 0.25) is 0 Å². The molecule has 0 amide bonds. The predicted molar refractivity (Wildman–Crippen MR) is 80.6 cm³/mol. The molecule has 21 heavy (non-hydrogen) atoms. The number of aliphatic hydroxyl groups excluding tert-OH is 1. The third kappa shape index (κ3) is 3.80. The molecule has 1 unspecified atom stereocenters. The topological polar surface area (TPSA) is 41.5 Å². The molecule has 3 nitrogen and oxygen atoms in total. The summed E-state index contributed by atoms with van der Waals surface area (Å²) in [6, 6.07) is 12.3. The summed E-state index contributed by atoms with van der Waals surface area (Å²) in [6.45, 7) is 2.56. The van der Waals surface area contributed by atoms with Gasteiger partial charge in [0, 0.05) is 18.2 Å². The first-order valence-corrected chi connectivity index (χ1v) is 6.90. The molecule has 0 saturated carbocycles. The smallest absolute Gasteiger partial charge is 0.131 e. The number of nitrogens with one attached hydrogen (secondary N) is 1. The molecule has 0 aliphatic carbocycles. The van der Waals surface area contributed by atoms with Gasteiger partial charge in [-0.05, 0) is 30.2 Å². The van der Waals surface area contributed by atoms with Crippen LogP contribution in [0, 0.1) is 5.82 Å². The van der Waals surface area contributed by atoms with Crippen LogP contribution >= 0.6 is 0 Å². The summed E-state index contributed by atoms with van der Waals surface area (Å²) in [7, 11) is 1.54. The van der Waals surface area contributed by atoms with Gasteiger partial charge in [0.1, 0.15) is 11.6 Å². The van der Waals surface area contributed by atoms with Gasteiger partial charge in [-0.25, -0.2) is 4.39 Å². The number of rotatable bonds is 6. The van der Waals surface area contributed by atoms with Crippen molar-refractivity contribution in [1.29, 1.82) is 0 Å². The zero-order valence-electron chi connectivity index (χ0n) is 12.3. The molecule has 0 radical (unpaired) electrons. The normalized spacial score (nSPS) is 12.2. The second-order valence-corrected chi connectivity index (χ2v) is 4.93. The van der Waals surface area contributed by atoms with Crippen LogP contribution in [0.2, 0.25) is 0 Å². The fourth-order valence-corrected chi connectivity index (χ4v) is 2.25. The molecule has 0 spiro atoms. The summed E-state index contributed by atoms with van der Waals surface area (Å²) in [5, 5.41) is 12.3. The number of aliphatic hydroxyl groups is 1. The van der Waals surface area contributed by atoms with Crippen LogP contribution < -0.4 is 10.1 Å². The van der Waals surface area contributed by atoms with Crippen molar-refractivity contribution in [2.24, 2.45) is 0 Å². The van der Waals surface area contributed by atoms with E-state index in [1.165, 1.54) is 6.07 Å². The Kier molecular flexibility index (Phi) is 5.31. The van der Waals surface area contributed by atoms with Gasteiger partial charge >= 0.3 is 0 Å². The van der Waals surface area contributed by atoms with E-state index in [0.717, 1.165) is 11.1 Å². The first-order valence-electron chi connectivity index (χ1n) is 6.90. The van der Waals surface area contributed by atoms with Gasteiger partial charge in [0.05, 0.1) is 13.7 Å². The molecule has 0 fully saturated rings. The van der Waals surface area contributed by atoms with Gasteiger partial charge in [-0.3, -0.25) is 0 Å². The van der Waals surface area contributed by atoms with Crippen LogP contribution in [-0.2, 0) is 13.2 Å². The maximum Gasteiger partial charge on any atom is 0.131 e. The van der Waals surface area contributed by atoms with Crippen molar-refractivity contribution in [3.63, 3.8) is 0 Å². The summed E-state index contributed by atoms with van der Waals surface area (Å²) < 4.78 is 19.2. The first kappa shape index (κ1) is 15.5. The maximum absolute atomic E-state index is 14.0. The molecule has 0 bridgehead atoms. The lowest BCUT2D eigenvalue weighted by atomic mass is 10.1. The van der Waals surface area contributed by atoms with E-state index in [2.05, 4.69) is 5.32 Å². The van der Waals surface area contributed by atoms with E-state index < -0.39 is 0 Å². The van der Waals surface area contributed by atoms with E-state index in [-0.39, 0.29) is 18.5 Å². The van der Waals surface area contributed by atoms with Crippen molar-refractivity contribution in [3.8, 4) is 5.75 Å². The third-order valence-electron chi connectivity index (χ3n) is 3.48. The van der Waals surface area contributed by atoms with Crippen LogP contribution in [0.1, 0.15) is 29.7 Å². The van der Waals surface area contributed by atoms with Crippen molar-refractivity contribution in [2.75, 3.05) is 7.11 Å². The molecule has 0 heterocycles. The quantitative estimate of drug-likeness (QED) is 0.858. The second kappa shape index (κ2) is 7.20. The molecule has 0 aromatic heterocycles. The second-order valence-electron chi connectivity index (χ2n) is 4.93. The highest BCUT2D eigenvalue weighted by Crippen LogP contribution is 2.27. The van der Waals surface area contributed by atoms with Crippen LogP contribution in [0.5, 0.6) is 5.75 Å². The predicted octanol–water partition coefficient (Wildman–Crippen LogP) is 3.18. The molecule has 2 rings (SSSR count). The average Bonchev–Trinajstić information content (AvgIpc) is 2.52. The van der Waals surface area contributed by atoms with Gasteiger partial charge in [0.25, 0.3) is 0 Å². The van der Waals surface area contributed by atoms with Crippen molar-refractivity contribution in [3.05, 3.63) is 65.0 Å². The molecule has 0 aliphatic rings. The Morgan fingerprint density at radius 2 is 1.81 bits per heavy atom. The molecule has 0 aliphatic heterocycles. The van der Waals surface area contributed by atoms with Gasteiger partial charge < -0.3 is 15.2 Å². The minimum absolute atomic E-state index is 0.0382. The highest BCUT2D eigenvalue weighted by molar-refractivity contribution is 5.37. The average molecular weight is 289 g/mol. The highest BCUT2D eigenvalue weighted by atomic mass is 19.1. The zero-order chi connectivity index (χ0) is 15.2. The third-order valence-corrected chi connectivity index (χ3v) is 3.48. The summed E-state index contributed by atoms with van der Waals surface area (Å²) in [5.41, 5.74) is 2.49. The molecule has 4 heteroatoms. The number of methoxy groups -OCH3 is 1. The molecule has 1 atom stereocenters. The van der Waals surface area contributed by atoms with E-state index in [1.54, 1.807) is 19.2 Å². The number of hydrogen-bond acceptors (Lipinski definition) is 3. The highest BCUT2D eigenvalue weighted by Gasteiger charge is 2.15. The Morgan fingerprint density at radius 3 is 2.43 bits per heavy atom. The van der Waals surface area contributed by atoms with E-state index in [1.807, 2.05) is 31.2 Å². The molecule has 112 valence electrons. The zero-order valence-corrected chi connectivity index (χ0v) is 12.3. The number of hydrogen-bond donors (Lipinski definition) is 2. The largest absolute Gasteiger partial charge is 0.496 e. The van der Waals surface area contributed by atoms with E-state index in [4.69, 9.17) is 9.84 Å². The summed E-state index contributed by atoms with van der Waals surface area (Å²) in [6.07, 6.45) is 0. The Morgan fingerprint density at radius 1 is 1.14 bits per heavy atom. The molecule has 0 saturated heterocycles. The maximum atomic E-state index is 14.0. The minimum atomic E-state index is -0.273. The monoisotopic (exact) mass is 289 g/mol. The van der Waals surface area contributed by atoms with E-state index >= 15 is 0 Å². The summed E-state index contributed by atoms with van der Waals surface area (Å²) in [4.78, 5) is 0. The van der Waals surface area contributed by atoms with Gasteiger partial charge in [-0.15, -0.1) is 0 Å². The van der Waals surface area contributed by atoms with Gasteiger partial charge in [-0.1, -0.05) is 30.3 Å².